The summed E-state index contributed by atoms with van der Waals surface area (Å²) in [6.07, 6.45) is 0.0664. The highest BCUT2D eigenvalue weighted by atomic mass is 35.5. The van der Waals surface area contributed by atoms with Crippen molar-refractivity contribution in [3.63, 3.8) is 0 Å². The zero-order valence-electron chi connectivity index (χ0n) is 13.0. The van der Waals surface area contributed by atoms with E-state index in [-0.39, 0.29) is 5.91 Å². The Bertz CT molecular complexity index is 891. The third-order valence-electron chi connectivity index (χ3n) is 4.06. The van der Waals surface area contributed by atoms with E-state index in [0.717, 1.165) is 26.5 Å². The molecule has 6 heteroatoms. The van der Waals surface area contributed by atoms with Crippen LogP contribution in [0.2, 0.25) is 5.02 Å². The molecule has 24 heavy (non-hydrogen) atoms. The lowest BCUT2D eigenvalue weighted by Crippen LogP contribution is -2.38. The lowest BCUT2D eigenvalue weighted by molar-refractivity contribution is -0.137. The van der Waals surface area contributed by atoms with Gasteiger partial charge in [0.2, 0.25) is 0 Å². The molecule has 4 rings (SSSR count). The topological polar surface area (TPSA) is 42.4 Å². The molecule has 1 aliphatic rings. The van der Waals surface area contributed by atoms with Crippen molar-refractivity contribution in [2.45, 2.75) is 19.1 Å². The molecule has 1 aliphatic heterocycles. The number of aromatic nitrogens is 1. The molecule has 1 aromatic heterocycles. The molecule has 0 radical (unpaired) electrons. The van der Waals surface area contributed by atoms with Crippen molar-refractivity contribution in [1.82, 2.24) is 9.88 Å². The first-order valence-electron chi connectivity index (χ1n) is 7.64. The average Bonchev–Trinajstić information content (AvgIpc) is 3.16. The van der Waals surface area contributed by atoms with Crippen molar-refractivity contribution in [1.29, 1.82) is 0 Å². The molecule has 2 aromatic carbocycles. The Labute approximate surface area is 148 Å². The van der Waals surface area contributed by atoms with Gasteiger partial charge in [-0.25, -0.2) is 4.98 Å². The van der Waals surface area contributed by atoms with Crippen LogP contribution in [0.25, 0.3) is 10.2 Å². The van der Waals surface area contributed by atoms with Gasteiger partial charge in [-0.3, -0.25) is 4.79 Å². The zero-order chi connectivity index (χ0) is 16.7. The Hall–Kier alpha value is -2.11. The fourth-order valence-electron chi connectivity index (χ4n) is 2.87. The number of hydrogen-bond donors (Lipinski definition) is 0. The molecule has 0 bridgehead atoms. The number of rotatable bonds is 3. The minimum atomic E-state index is -0.488. The van der Waals surface area contributed by atoms with Crippen molar-refractivity contribution in [2.24, 2.45) is 0 Å². The summed E-state index contributed by atoms with van der Waals surface area (Å²) in [6, 6.07) is 13.4. The van der Waals surface area contributed by atoms with Crippen molar-refractivity contribution in [2.75, 3.05) is 7.05 Å². The molecule has 0 aliphatic carbocycles. The molecule has 1 amide bonds. The second-order valence-corrected chi connectivity index (χ2v) is 7.38. The molecule has 0 N–H and O–H groups in total. The van der Waals surface area contributed by atoms with Crippen LogP contribution in [0.5, 0.6) is 5.75 Å². The largest absolute Gasteiger partial charge is 0.480 e. The van der Waals surface area contributed by atoms with Crippen LogP contribution in [0.3, 0.4) is 0 Å². The predicted octanol–water partition coefficient (Wildman–Crippen LogP) is 3.91. The highest BCUT2D eigenvalue weighted by Gasteiger charge is 2.31. The van der Waals surface area contributed by atoms with Crippen LogP contribution in [0, 0.1) is 0 Å². The van der Waals surface area contributed by atoms with E-state index in [2.05, 4.69) is 4.98 Å². The number of ether oxygens (including phenoxy) is 1. The number of halogens is 1. The van der Waals surface area contributed by atoms with E-state index >= 15 is 0 Å². The smallest absolute Gasteiger partial charge is 0.264 e. The van der Waals surface area contributed by atoms with Gasteiger partial charge in [0, 0.05) is 18.5 Å². The molecule has 0 spiro atoms. The fourth-order valence-corrected chi connectivity index (χ4v) is 4.08. The lowest BCUT2D eigenvalue weighted by Gasteiger charge is -2.19. The van der Waals surface area contributed by atoms with Crippen LogP contribution in [0.1, 0.15) is 10.6 Å². The summed E-state index contributed by atoms with van der Waals surface area (Å²) in [5.41, 5.74) is 1.95. The molecule has 3 aromatic rings. The number of para-hydroxylation sites is 1. The Kier molecular flexibility index (Phi) is 3.90. The molecule has 0 saturated carbocycles. The summed E-state index contributed by atoms with van der Waals surface area (Å²) in [4.78, 5) is 18.9. The number of hydrogen-bond acceptors (Lipinski definition) is 4. The van der Waals surface area contributed by atoms with E-state index in [9.17, 15) is 4.79 Å². The number of benzene rings is 2. The zero-order valence-corrected chi connectivity index (χ0v) is 14.6. The first kappa shape index (κ1) is 15.4. The Morgan fingerprint density at radius 2 is 2.21 bits per heavy atom. The number of fused-ring (bicyclic) bond motifs is 2. The molecular formula is C18H15ClN2O2S. The van der Waals surface area contributed by atoms with Crippen LogP contribution >= 0.6 is 22.9 Å². The molecule has 2 heterocycles. The summed E-state index contributed by atoms with van der Waals surface area (Å²) >= 11 is 7.61. The van der Waals surface area contributed by atoms with Crippen molar-refractivity contribution < 1.29 is 9.53 Å². The SMILES string of the molecule is CN(Cc1nc2ccccc2s1)C(=O)[C@@H]1Cc2cc(Cl)ccc2O1. The summed E-state index contributed by atoms with van der Waals surface area (Å²) in [6.45, 7) is 0.481. The van der Waals surface area contributed by atoms with Crippen LogP contribution in [0.15, 0.2) is 42.5 Å². The molecule has 0 unspecified atom stereocenters. The Balaban J connectivity index is 1.47. The minimum Gasteiger partial charge on any atom is -0.480 e. The maximum atomic E-state index is 12.7. The second kappa shape index (κ2) is 6.07. The highest BCUT2D eigenvalue weighted by molar-refractivity contribution is 7.18. The third kappa shape index (κ3) is 2.85. The highest BCUT2D eigenvalue weighted by Crippen LogP contribution is 2.32. The van der Waals surface area contributed by atoms with E-state index in [0.29, 0.717) is 18.0 Å². The fraction of sp³-hybridized carbons (Fsp3) is 0.222. The molecule has 4 nitrogen and oxygen atoms in total. The molecule has 0 fully saturated rings. The standard InChI is InChI=1S/C18H15ClN2O2S/c1-21(10-17-20-13-4-2-3-5-16(13)24-17)18(22)15-9-11-8-12(19)6-7-14(11)23-15/h2-8,15H,9-10H2,1H3/t15-/m0/s1. The van der Waals surface area contributed by atoms with E-state index in [1.54, 1.807) is 29.4 Å². The number of likely N-dealkylation sites (N-methyl/N-ethyl adjacent to an activating group) is 1. The van der Waals surface area contributed by atoms with Gasteiger partial charge in [-0.05, 0) is 35.9 Å². The summed E-state index contributed by atoms with van der Waals surface area (Å²) in [5, 5.41) is 1.58. The summed E-state index contributed by atoms with van der Waals surface area (Å²) in [7, 11) is 1.79. The van der Waals surface area contributed by atoms with E-state index < -0.39 is 6.10 Å². The number of carbonyl (C=O) groups is 1. The van der Waals surface area contributed by atoms with Gasteiger partial charge in [-0.1, -0.05) is 23.7 Å². The Morgan fingerprint density at radius 1 is 1.38 bits per heavy atom. The molecular weight excluding hydrogens is 344 g/mol. The monoisotopic (exact) mass is 358 g/mol. The van der Waals surface area contributed by atoms with Crippen LogP contribution in [-0.2, 0) is 17.8 Å². The van der Waals surface area contributed by atoms with Crippen molar-refractivity contribution in [3.05, 3.63) is 58.1 Å². The number of thiazole rings is 1. The second-order valence-electron chi connectivity index (χ2n) is 5.83. The number of amides is 1. The minimum absolute atomic E-state index is 0.0402. The van der Waals surface area contributed by atoms with Gasteiger partial charge in [0.1, 0.15) is 10.8 Å². The summed E-state index contributed by atoms with van der Waals surface area (Å²) < 4.78 is 6.91. The van der Waals surface area contributed by atoms with Gasteiger partial charge in [0.15, 0.2) is 6.10 Å². The molecule has 122 valence electrons. The quantitative estimate of drug-likeness (QED) is 0.712. The number of nitrogens with zero attached hydrogens (tertiary/aromatic N) is 2. The molecule has 0 saturated heterocycles. The van der Waals surface area contributed by atoms with Gasteiger partial charge >= 0.3 is 0 Å². The molecule has 1 atom stereocenters. The van der Waals surface area contributed by atoms with Crippen LogP contribution < -0.4 is 4.74 Å². The maximum absolute atomic E-state index is 12.7. The van der Waals surface area contributed by atoms with Gasteiger partial charge in [-0.2, -0.15) is 0 Å². The van der Waals surface area contributed by atoms with Gasteiger partial charge in [0.05, 0.1) is 16.8 Å². The average molecular weight is 359 g/mol. The van der Waals surface area contributed by atoms with Gasteiger partial charge in [-0.15, -0.1) is 11.3 Å². The van der Waals surface area contributed by atoms with E-state index in [4.69, 9.17) is 16.3 Å². The van der Waals surface area contributed by atoms with Crippen molar-refractivity contribution >= 4 is 39.1 Å². The van der Waals surface area contributed by atoms with E-state index in [1.165, 1.54) is 0 Å². The van der Waals surface area contributed by atoms with E-state index in [1.807, 2.05) is 36.4 Å². The Morgan fingerprint density at radius 3 is 3.04 bits per heavy atom. The third-order valence-corrected chi connectivity index (χ3v) is 5.32. The number of carbonyl (C=O) groups excluding carboxylic acids is 1. The normalized spacial score (nSPS) is 16.0. The first-order chi connectivity index (χ1) is 11.6. The first-order valence-corrected chi connectivity index (χ1v) is 8.84. The summed E-state index contributed by atoms with van der Waals surface area (Å²) in [5.74, 6) is 0.702. The van der Waals surface area contributed by atoms with Crippen molar-refractivity contribution in [3.8, 4) is 5.75 Å². The van der Waals surface area contributed by atoms with Crippen LogP contribution in [-0.4, -0.2) is 28.9 Å². The van der Waals surface area contributed by atoms with Crippen LogP contribution in [0.4, 0.5) is 0 Å². The maximum Gasteiger partial charge on any atom is 0.264 e. The lowest BCUT2D eigenvalue weighted by atomic mass is 10.1. The van der Waals surface area contributed by atoms with Gasteiger partial charge in [0.25, 0.3) is 5.91 Å². The van der Waals surface area contributed by atoms with Gasteiger partial charge < -0.3 is 9.64 Å². The predicted molar refractivity (Wildman–Crippen MR) is 95.7 cm³/mol.